The minimum atomic E-state index is 0.0690. The van der Waals surface area contributed by atoms with Gasteiger partial charge >= 0.3 is 0 Å². The minimum Gasteiger partial charge on any atom is -0.330 e. The molecule has 0 aliphatic carbocycles. The van der Waals surface area contributed by atoms with E-state index >= 15 is 0 Å². The molecule has 84 valence electrons. The van der Waals surface area contributed by atoms with Crippen LogP contribution in [0.5, 0.6) is 0 Å². The molecule has 0 atom stereocenters. The second-order valence-electron chi connectivity index (χ2n) is 3.76. The maximum absolute atomic E-state index is 11.6. The van der Waals surface area contributed by atoms with Crippen molar-refractivity contribution in [2.75, 3.05) is 27.2 Å². The SMILES string of the molecule is CN(C)CCC(=O)n1cnc(CCN)c1. The summed E-state index contributed by atoms with van der Waals surface area (Å²) in [6.45, 7) is 1.31. The number of aromatic nitrogens is 2. The third-order valence-electron chi connectivity index (χ3n) is 2.10. The molecule has 1 heterocycles. The van der Waals surface area contributed by atoms with Gasteiger partial charge in [0.15, 0.2) is 0 Å². The van der Waals surface area contributed by atoms with Gasteiger partial charge in [-0.25, -0.2) is 4.98 Å². The van der Waals surface area contributed by atoms with Crippen LogP contribution in [0.3, 0.4) is 0 Å². The Kier molecular flexibility index (Phi) is 4.45. The van der Waals surface area contributed by atoms with Crippen LogP contribution in [0, 0.1) is 0 Å². The monoisotopic (exact) mass is 210 g/mol. The second kappa shape index (κ2) is 5.63. The lowest BCUT2D eigenvalue weighted by atomic mass is 10.3. The van der Waals surface area contributed by atoms with E-state index in [9.17, 15) is 4.79 Å². The van der Waals surface area contributed by atoms with Crippen molar-refractivity contribution in [1.29, 1.82) is 0 Å². The van der Waals surface area contributed by atoms with E-state index < -0.39 is 0 Å². The van der Waals surface area contributed by atoms with Crippen molar-refractivity contribution in [3.63, 3.8) is 0 Å². The van der Waals surface area contributed by atoms with Crippen molar-refractivity contribution in [2.24, 2.45) is 5.73 Å². The van der Waals surface area contributed by atoms with Crippen molar-refractivity contribution in [3.05, 3.63) is 18.2 Å². The predicted octanol–water partition coefficient (Wildman–Crippen LogP) is -0.0238. The highest BCUT2D eigenvalue weighted by Gasteiger charge is 2.06. The smallest absolute Gasteiger partial charge is 0.233 e. The third kappa shape index (κ3) is 3.81. The quantitative estimate of drug-likeness (QED) is 0.741. The Hall–Kier alpha value is -1.20. The predicted molar refractivity (Wildman–Crippen MR) is 58.8 cm³/mol. The summed E-state index contributed by atoms with van der Waals surface area (Å²) in [6, 6.07) is 0. The molecule has 0 bridgehead atoms. The molecule has 1 aromatic heterocycles. The second-order valence-corrected chi connectivity index (χ2v) is 3.76. The molecule has 0 amide bonds. The topological polar surface area (TPSA) is 64.2 Å². The number of nitrogens with two attached hydrogens (primary N) is 1. The molecular weight excluding hydrogens is 192 g/mol. The van der Waals surface area contributed by atoms with E-state index in [2.05, 4.69) is 4.98 Å². The molecule has 0 spiro atoms. The van der Waals surface area contributed by atoms with Crippen LogP contribution in [0.2, 0.25) is 0 Å². The van der Waals surface area contributed by atoms with Gasteiger partial charge in [0.1, 0.15) is 6.33 Å². The third-order valence-corrected chi connectivity index (χ3v) is 2.10. The Balaban J connectivity index is 2.50. The maximum Gasteiger partial charge on any atom is 0.233 e. The van der Waals surface area contributed by atoms with Crippen LogP contribution in [0.15, 0.2) is 12.5 Å². The lowest BCUT2D eigenvalue weighted by Crippen LogP contribution is -2.19. The highest BCUT2D eigenvalue weighted by molar-refractivity contribution is 5.78. The fourth-order valence-electron chi connectivity index (χ4n) is 1.23. The first-order valence-electron chi connectivity index (χ1n) is 5.04. The maximum atomic E-state index is 11.6. The van der Waals surface area contributed by atoms with Gasteiger partial charge < -0.3 is 10.6 Å². The summed E-state index contributed by atoms with van der Waals surface area (Å²) in [5.41, 5.74) is 6.27. The average Bonchev–Trinajstić information content (AvgIpc) is 2.63. The van der Waals surface area contributed by atoms with Crippen LogP contribution in [-0.2, 0) is 6.42 Å². The number of carbonyl (C=O) groups is 1. The molecule has 5 nitrogen and oxygen atoms in total. The fourth-order valence-corrected chi connectivity index (χ4v) is 1.23. The molecule has 15 heavy (non-hydrogen) atoms. The number of nitrogens with zero attached hydrogens (tertiary/aromatic N) is 3. The number of hydrogen-bond acceptors (Lipinski definition) is 4. The lowest BCUT2D eigenvalue weighted by molar-refractivity contribution is 0.0892. The normalized spacial score (nSPS) is 10.9. The first-order valence-corrected chi connectivity index (χ1v) is 5.04. The van der Waals surface area contributed by atoms with Crippen LogP contribution in [0.25, 0.3) is 0 Å². The molecule has 0 saturated carbocycles. The molecule has 0 unspecified atom stereocenters. The van der Waals surface area contributed by atoms with Gasteiger partial charge in [0.05, 0.1) is 5.69 Å². The van der Waals surface area contributed by atoms with Gasteiger partial charge in [-0.1, -0.05) is 0 Å². The van der Waals surface area contributed by atoms with Gasteiger partial charge in [0.2, 0.25) is 5.91 Å². The van der Waals surface area contributed by atoms with Crippen molar-refractivity contribution in [2.45, 2.75) is 12.8 Å². The molecule has 2 N–H and O–H groups in total. The first-order chi connectivity index (χ1) is 7.13. The van der Waals surface area contributed by atoms with Crippen LogP contribution in [0.4, 0.5) is 0 Å². The fraction of sp³-hybridized carbons (Fsp3) is 0.600. The number of hydrogen-bond donors (Lipinski definition) is 1. The zero-order chi connectivity index (χ0) is 11.3. The van der Waals surface area contributed by atoms with Gasteiger partial charge in [-0.05, 0) is 20.6 Å². The lowest BCUT2D eigenvalue weighted by Gasteiger charge is -2.07. The molecule has 0 radical (unpaired) electrons. The Morgan fingerprint density at radius 3 is 2.93 bits per heavy atom. The highest BCUT2D eigenvalue weighted by Crippen LogP contribution is 1.98. The van der Waals surface area contributed by atoms with Crippen molar-refractivity contribution in [3.8, 4) is 0 Å². The molecule has 0 aromatic carbocycles. The van der Waals surface area contributed by atoms with Crippen molar-refractivity contribution >= 4 is 5.91 Å². The molecule has 0 fully saturated rings. The summed E-state index contributed by atoms with van der Waals surface area (Å²) in [4.78, 5) is 17.7. The van der Waals surface area contributed by atoms with Gasteiger partial charge in [-0.3, -0.25) is 9.36 Å². The van der Waals surface area contributed by atoms with Gasteiger partial charge in [-0.2, -0.15) is 0 Å². The van der Waals surface area contributed by atoms with E-state index in [0.29, 0.717) is 19.4 Å². The average molecular weight is 210 g/mol. The van der Waals surface area contributed by atoms with E-state index in [1.807, 2.05) is 19.0 Å². The first kappa shape index (κ1) is 11.9. The largest absolute Gasteiger partial charge is 0.330 e. The molecule has 1 rings (SSSR count). The van der Waals surface area contributed by atoms with E-state index in [4.69, 9.17) is 5.73 Å². The van der Waals surface area contributed by atoms with Crippen molar-refractivity contribution < 1.29 is 4.79 Å². The summed E-state index contributed by atoms with van der Waals surface area (Å²) in [6.07, 6.45) is 4.53. The number of rotatable bonds is 5. The summed E-state index contributed by atoms with van der Waals surface area (Å²) in [5, 5.41) is 0. The Bertz CT molecular complexity index is 319. The Labute approximate surface area is 89.9 Å². The molecule has 0 aliphatic heterocycles. The summed E-state index contributed by atoms with van der Waals surface area (Å²) >= 11 is 0. The van der Waals surface area contributed by atoms with Crippen LogP contribution >= 0.6 is 0 Å². The Morgan fingerprint density at radius 1 is 1.60 bits per heavy atom. The molecule has 1 aromatic rings. The van der Waals surface area contributed by atoms with Gasteiger partial charge in [0.25, 0.3) is 0 Å². The van der Waals surface area contributed by atoms with E-state index in [1.165, 1.54) is 4.57 Å². The highest BCUT2D eigenvalue weighted by atomic mass is 16.2. The van der Waals surface area contributed by atoms with E-state index in [1.54, 1.807) is 12.5 Å². The van der Waals surface area contributed by atoms with E-state index in [0.717, 1.165) is 12.2 Å². The zero-order valence-corrected chi connectivity index (χ0v) is 9.31. The molecule has 0 aliphatic rings. The Morgan fingerprint density at radius 2 is 2.33 bits per heavy atom. The van der Waals surface area contributed by atoms with E-state index in [-0.39, 0.29) is 5.91 Å². The minimum absolute atomic E-state index is 0.0690. The van der Waals surface area contributed by atoms with Crippen LogP contribution in [0.1, 0.15) is 16.9 Å². The summed E-state index contributed by atoms with van der Waals surface area (Å²) in [5.74, 6) is 0.0690. The van der Waals surface area contributed by atoms with Crippen molar-refractivity contribution in [1.82, 2.24) is 14.5 Å². The number of imidazole rings is 1. The molecule has 5 heteroatoms. The summed E-state index contributed by atoms with van der Waals surface area (Å²) in [7, 11) is 3.89. The zero-order valence-electron chi connectivity index (χ0n) is 9.31. The summed E-state index contributed by atoms with van der Waals surface area (Å²) < 4.78 is 1.54. The van der Waals surface area contributed by atoms with Gasteiger partial charge in [0, 0.05) is 25.6 Å². The standard InChI is InChI=1S/C10H18N4O/c1-13(2)6-4-10(15)14-7-9(3-5-11)12-8-14/h7-8H,3-6,11H2,1-2H3. The van der Waals surface area contributed by atoms with Crippen LogP contribution < -0.4 is 5.73 Å². The van der Waals surface area contributed by atoms with Crippen LogP contribution in [-0.4, -0.2) is 47.5 Å². The molecular formula is C10H18N4O. The van der Waals surface area contributed by atoms with Gasteiger partial charge in [-0.15, -0.1) is 0 Å². The molecule has 0 saturated heterocycles. The number of carbonyl (C=O) groups excluding carboxylic acids is 1.